The maximum absolute atomic E-state index is 13.4. The van der Waals surface area contributed by atoms with E-state index >= 15 is 0 Å². The Morgan fingerprint density at radius 1 is 0.971 bits per heavy atom. The molecule has 4 amide bonds. The molecular formula is C27H25N3O5. The van der Waals surface area contributed by atoms with Gasteiger partial charge in [-0.1, -0.05) is 36.4 Å². The fraction of sp³-hybridized carbons (Fsp3) is 0.222. The van der Waals surface area contributed by atoms with Crippen LogP contribution in [0.3, 0.4) is 0 Å². The van der Waals surface area contributed by atoms with E-state index in [1.807, 2.05) is 30.3 Å². The molecule has 2 N–H and O–H groups in total. The minimum atomic E-state index is -1.22. The van der Waals surface area contributed by atoms with Crippen molar-refractivity contribution in [1.29, 1.82) is 0 Å². The van der Waals surface area contributed by atoms with Gasteiger partial charge in [0.25, 0.3) is 11.8 Å². The largest absolute Gasteiger partial charge is 0.490 e. The number of nitrogens with zero attached hydrogens (tertiary/aromatic N) is 1. The predicted octanol–water partition coefficient (Wildman–Crippen LogP) is 4.07. The molecule has 0 aromatic heterocycles. The summed E-state index contributed by atoms with van der Waals surface area (Å²) in [5.74, 6) is 0.591. The van der Waals surface area contributed by atoms with Crippen LogP contribution in [0.15, 0.2) is 72.8 Å². The van der Waals surface area contributed by atoms with E-state index in [0.717, 1.165) is 12.0 Å². The molecule has 0 bridgehead atoms. The van der Waals surface area contributed by atoms with Crippen LogP contribution in [0.1, 0.15) is 34.8 Å². The highest BCUT2D eigenvalue weighted by Crippen LogP contribution is 2.37. The summed E-state index contributed by atoms with van der Waals surface area (Å²) >= 11 is 0. The van der Waals surface area contributed by atoms with Gasteiger partial charge in [-0.05, 0) is 54.4 Å². The van der Waals surface area contributed by atoms with Gasteiger partial charge in [0.05, 0.1) is 19.8 Å². The zero-order valence-electron chi connectivity index (χ0n) is 19.2. The summed E-state index contributed by atoms with van der Waals surface area (Å²) in [4.78, 5) is 39.8. The van der Waals surface area contributed by atoms with Gasteiger partial charge in [-0.25, -0.2) is 4.79 Å². The van der Waals surface area contributed by atoms with E-state index in [-0.39, 0.29) is 18.4 Å². The fourth-order valence-corrected chi connectivity index (χ4v) is 4.18. The van der Waals surface area contributed by atoms with Crippen LogP contribution >= 0.6 is 0 Å². The lowest BCUT2D eigenvalue weighted by Crippen LogP contribution is -2.40. The molecule has 35 heavy (non-hydrogen) atoms. The highest BCUT2D eigenvalue weighted by Gasteiger charge is 2.49. The van der Waals surface area contributed by atoms with Crippen molar-refractivity contribution in [3.8, 4) is 11.5 Å². The Balaban J connectivity index is 1.30. The van der Waals surface area contributed by atoms with E-state index < -0.39 is 11.6 Å². The summed E-state index contributed by atoms with van der Waals surface area (Å²) in [5.41, 5.74) is 1.31. The second kappa shape index (κ2) is 9.13. The predicted molar refractivity (Wildman–Crippen MR) is 129 cm³/mol. The molecule has 8 nitrogen and oxygen atoms in total. The van der Waals surface area contributed by atoms with Crippen LogP contribution in [-0.2, 0) is 16.9 Å². The average molecular weight is 472 g/mol. The molecule has 5 rings (SSSR count). The number of amides is 4. The van der Waals surface area contributed by atoms with Crippen molar-refractivity contribution < 1.29 is 23.9 Å². The van der Waals surface area contributed by atoms with E-state index in [9.17, 15) is 14.4 Å². The number of carbonyl (C=O) groups is 3. The number of ether oxygens (including phenoxy) is 2. The highest BCUT2D eigenvalue weighted by atomic mass is 16.5. The van der Waals surface area contributed by atoms with E-state index in [2.05, 4.69) is 10.6 Å². The van der Waals surface area contributed by atoms with Gasteiger partial charge in [-0.15, -0.1) is 0 Å². The molecule has 2 aliphatic heterocycles. The third kappa shape index (κ3) is 4.42. The van der Waals surface area contributed by atoms with E-state index in [4.69, 9.17) is 9.47 Å². The molecule has 1 atom stereocenters. The van der Waals surface area contributed by atoms with Crippen molar-refractivity contribution >= 4 is 23.5 Å². The van der Waals surface area contributed by atoms with E-state index in [0.29, 0.717) is 41.5 Å². The standard InChI is InChI=1S/C27H25N3O5/c1-27(20-12-13-22-23(16-20)35-15-5-14-34-22)25(32)30(26(33)29-27)17-18-8-10-19(11-9-18)24(31)28-21-6-3-2-4-7-21/h2-4,6-13,16H,5,14-15,17H2,1H3,(H,28,31)(H,29,33)/t27-/m1/s1. The van der Waals surface area contributed by atoms with Gasteiger partial charge in [0.15, 0.2) is 11.5 Å². The quantitative estimate of drug-likeness (QED) is 0.547. The number of para-hydroxylation sites is 1. The first-order chi connectivity index (χ1) is 16.9. The molecule has 0 aliphatic carbocycles. The molecule has 3 aromatic carbocycles. The van der Waals surface area contributed by atoms with Gasteiger partial charge in [0.1, 0.15) is 5.54 Å². The summed E-state index contributed by atoms with van der Waals surface area (Å²) in [6.07, 6.45) is 0.775. The van der Waals surface area contributed by atoms with Crippen LogP contribution in [0.25, 0.3) is 0 Å². The molecule has 0 saturated carbocycles. The molecule has 0 unspecified atom stereocenters. The molecule has 0 spiro atoms. The topological polar surface area (TPSA) is 97.0 Å². The summed E-state index contributed by atoms with van der Waals surface area (Å²) < 4.78 is 11.4. The number of rotatable bonds is 5. The van der Waals surface area contributed by atoms with E-state index in [1.165, 1.54) is 4.90 Å². The highest BCUT2D eigenvalue weighted by molar-refractivity contribution is 6.07. The van der Waals surface area contributed by atoms with Gasteiger partial charge >= 0.3 is 6.03 Å². The number of carbonyl (C=O) groups excluding carboxylic acids is 3. The Morgan fingerprint density at radius 2 is 1.69 bits per heavy atom. The summed E-state index contributed by atoms with van der Waals surface area (Å²) in [5, 5.41) is 5.66. The SMILES string of the molecule is C[C@]1(c2ccc3c(c2)OCCCO3)NC(=O)N(Cc2ccc(C(=O)Nc3ccccc3)cc2)C1=O. The third-order valence-corrected chi connectivity index (χ3v) is 6.19. The number of benzene rings is 3. The van der Waals surface area contributed by atoms with Gasteiger partial charge in [0.2, 0.25) is 0 Å². The molecule has 2 aliphatic rings. The summed E-state index contributed by atoms with van der Waals surface area (Å²) in [6, 6.07) is 20.8. The number of fused-ring (bicyclic) bond motifs is 1. The first kappa shape index (κ1) is 22.5. The molecule has 1 fully saturated rings. The van der Waals surface area contributed by atoms with Gasteiger partial charge in [0, 0.05) is 17.7 Å². The normalized spacial score (nSPS) is 19.2. The van der Waals surface area contributed by atoms with Gasteiger partial charge < -0.3 is 20.1 Å². The first-order valence-electron chi connectivity index (χ1n) is 11.4. The Bertz CT molecular complexity index is 1280. The van der Waals surface area contributed by atoms with Crippen LogP contribution in [0.2, 0.25) is 0 Å². The number of anilines is 1. The van der Waals surface area contributed by atoms with Crippen LogP contribution in [0.4, 0.5) is 10.5 Å². The molecule has 2 heterocycles. The van der Waals surface area contributed by atoms with Crippen molar-refractivity contribution in [3.05, 3.63) is 89.5 Å². The lowest BCUT2D eigenvalue weighted by atomic mass is 9.91. The Kier molecular flexibility index (Phi) is 5.86. The van der Waals surface area contributed by atoms with Crippen molar-refractivity contribution in [2.24, 2.45) is 0 Å². The van der Waals surface area contributed by atoms with Crippen LogP contribution in [-0.4, -0.2) is 36.0 Å². The fourth-order valence-electron chi connectivity index (χ4n) is 4.18. The summed E-state index contributed by atoms with van der Waals surface area (Å²) in [6.45, 7) is 2.87. The monoisotopic (exact) mass is 471 g/mol. The second-order valence-electron chi connectivity index (χ2n) is 8.68. The molecule has 0 radical (unpaired) electrons. The molecule has 3 aromatic rings. The number of hydrogen-bond donors (Lipinski definition) is 2. The second-order valence-corrected chi connectivity index (χ2v) is 8.68. The van der Waals surface area contributed by atoms with Gasteiger partial charge in [-0.3, -0.25) is 14.5 Å². The van der Waals surface area contributed by atoms with E-state index in [1.54, 1.807) is 49.4 Å². The smallest absolute Gasteiger partial charge is 0.325 e. The number of nitrogens with one attached hydrogen (secondary N) is 2. The number of urea groups is 1. The number of imide groups is 1. The number of hydrogen-bond acceptors (Lipinski definition) is 5. The first-order valence-corrected chi connectivity index (χ1v) is 11.4. The minimum Gasteiger partial charge on any atom is -0.490 e. The Morgan fingerprint density at radius 3 is 2.43 bits per heavy atom. The van der Waals surface area contributed by atoms with Crippen LogP contribution in [0, 0.1) is 0 Å². The lowest BCUT2D eigenvalue weighted by Gasteiger charge is -2.23. The maximum Gasteiger partial charge on any atom is 0.325 e. The van der Waals surface area contributed by atoms with Crippen molar-refractivity contribution in [2.75, 3.05) is 18.5 Å². The van der Waals surface area contributed by atoms with Crippen molar-refractivity contribution in [2.45, 2.75) is 25.4 Å². The molecule has 1 saturated heterocycles. The van der Waals surface area contributed by atoms with Crippen molar-refractivity contribution in [1.82, 2.24) is 10.2 Å². The van der Waals surface area contributed by atoms with Crippen LogP contribution < -0.4 is 20.1 Å². The third-order valence-electron chi connectivity index (χ3n) is 6.19. The zero-order valence-corrected chi connectivity index (χ0v) is 19.2. The zero-order chi connectivity index (χ0) is 24.4. The molecular weight excluding hydrogens is 446 g/mol. The Hall–Kier alpha value is -4.33. The summed E-state index contributed by atoms with van der Waals surface area (Å²) in [7, 11) is 0. The van der Waals surface area contributed by atoms with Crippen molar-refractivity contribution in [3.63, 3.8) is 0 Å². The minimum absolute atomic E-state index is 0.0887. The maximum atomic E-state index is 13.4. The van der Waals surface area contributed by atoms with Crippen LogP contribution in [0.5, 0.6) is 11.5 Å². The lowest BCUT2D eigenvalue weighted by molar-refractivity contribution is -0.131. The average Bonchev–Trinajstić information content (AvgIpc) is 3.02. The molecule has 8 heteroatoms. The Labute approximate surface area is 202 Å². The van der Waals surface area contributed by atoms with Gasteiger partial charge in [-0.2, -0.15) is 0 Å². The molecule has 178 valence electrons.